The van der Waals surface area contributed by atoms with Crippen molar-refractivity contribution in [3.05, 3.63) is 41.6 Å². The van der Waals surface area contributed by atoms with Crippen LogP contribution in [0.2, 0.25) is 0 Å². The normalized spacial score (nSPS) is 18.1. The summed E-state index contributed by atoms with van der Waals surface area (Å²) in [7, 11) is 3.33. The average molecular weight is 409 g/mol. The molecule has 2 aliphatic carbocycles. The molecule has 1 atom stereocenters. The summed E-state index contributed by atoms with van der Waals surface area (Å²) in [6.45, 7) is 0.111. The summed E-state index contributed by atoms with van der Waals surface area (Å²) in [5, 5.41) is 2.94. The number of fused-ring (bicyclic) bond motifs is 1. The van der Waals surface area contributed by atoms with Gasteiger partial charge in [-0.25, -0.2) is 4.98 Å². The summed E-state index contributed by atoms with van der Waals surface area (Å²) in [5.41, 5.74) is 2.88. The molecule has 0 spiro atoms. The van der Waals surface area contributed by atoms with Crippen molar-refractivity contribution in [3.63, 3.8) is 0 Å². The van der Waals surface area contributed by atoms with Gasteiger partial charge in [0.25, 0.3) is 0 Å². The molecule has 0 radical (unpaired) electrons. The van der Waals surface area contributed by atoms with E-state index in [0.717, 1.165) is 29.7 Å². The van der Waals surface area contributed by atoms with E-state index >= 15 is 0 Å². The van der Waals surface area contributed by atoms with E-state index in [1.54, 1.807) is 19.1 Å². The number of ether oxygens (including phenoxy) is 1. The number of methoxy groups -OCH3 is 1. The summed E-state index contributed by atoms with van der Waals surface area (Å²) in [4.78, 5) is 36.0. The molecular formula is C23H28N4O3. The Balaban J connectivity index is 1.47. The molecule has 158 valence electrons. The van der Waals surface area contributed by atoms with Crippen molar-refractivity contribution in [2.24, 2.45) is 5.92 Å². The van der Waals surface area contributed by atoms with E-state index in [1.165, 1.54) is 0 Å². The van der Waals surface area contributed by atoms with Crippen LogP contribution in [0.4, 0.5) is 0 Å². The van der Waals surface area contributed by atoms with Gasteiger partial charge in [0.1, 0.15) is 0 Å². The molecule has 1 N–H and O–H groups in total. The van der Waals surface area contributed by atoms with E-state index in [9.17, 15) is 9.59 Å². The molecule has 7 heteroatoms. The minimum absolute atomic E-state index is 0.0176. The molecule has 0 bridgehead atoms. The quantitative estimate of drug-likeness (QED) is 0.742. The van der Waals surface area contributed by atoms with Crippen LogP contribution >= 0.6 is 0 Å². The minimum atomic E-state index is -0.136. The third-order valence-electron chi connectivity index (χ3n) is 5.80. The SMILES string of the molecule is COc1nc(-c2ccccc2)nc2c1CCC(C(=O)N(C)CC(=O)NC1CC1)CC2. The first kappa shape index (κ1) is 20.3. The second kappa shape index (κ2) is 8.81. The largest absolute Gasteiger partial charge is 0.481 e. The fourth-order valence-electron chi connectivity index (χ4n) is 3.98. The second-order valence-corrected chi connectivity index (χ2v) is 8.16. The molecule has 1 unspecified atom stereocenters. The monoisotopic (exact) mass is 408 g/mol. The van der Waals surface area contributed by atoms with Crippen LogP contribution in [0.5, 0.6) is 5.88 Å². The lowest BCUT2D eigenvalue weighted by Gasteiger charge is -2.22. The van der Waals surface area contributed by atoms with Crippen LogP contribution in [0.1, 0.15) is 36.9 Å². The third-order valence-corrected chi connectivity index (χ3v) is 5.80. The van der Waals surface area contributed by atoms with Crippen LogP contribution < -0.4 is 10.1 Å². The smallest absolute Gasteiger partial charge is 0.239 e. The second-order valence-electron chi connectivity index (χ2n) is 8.16. The lowest BCUT2D eigenvalue weighted by molar-refractivity contribution is -0.138. The van der Waals surface area contributed by atoms with Gasteiger partial charge in [0.2, 0.25) is 17.7 Å². The molecule has 2 aliphatic rings. The fourth-order valence-corrected chi connectivity index (χ4v) is 3.98. The van der Waals surface area contributed by atoms with Gasteiger partial charge in [0.15, 0.2) is 5.82 Å². The Morgan fingerprint density at radius 1 is 1.10 bits per heavy atom. The Morgan fingerprint density at radius 2 is 1.83 bits per heavy atom. The summed E-state index contributed by atoms with van der Waals surface area (Å²) in [5.74, 6) is 1.03. The molecular weight excluding hydrogens is 380 g/mol. The molecule has 1 heterocycles. The van der Waals surface area contributed by atoms with Crippen molar-refractivity contribution in [2.45, 2.75) is 44.6 Å². The average Bonchev–Trinajstić information content (AvgIpc) is 3.59. The fraction of sp³-hybridized carbons (Fsp3) is 0.478. The molecule has 1 aromatic carbocycles. The molecule has 1 fully saturated rings. The highest BCUT2D eigenvalue weighted by atomic mass is 16.5. The highest BCUT2D eigenvalue weighted by Crippen LogP contribution is 2.31. The van der Waals surface area contributed by atoms with Gasteiger partial charge in [0.05, 0.1) is 19.3 Å². The summed E-state index contributed by atoms with van der Waals surface area (Å²) in [6, 6.07) is 10.1. The number of likely N-dealkylation sites (N-methyl/N-ethyl adjacent to an activating group) is 1. The lowest BCUT2D eigenvalue weighted by atomic mass is 9.98. The molecule has 0 aliphatic heterocycles. The number of nitrogens with zero attached hydrogens (tertiary/aromatic N) is 3. The van der Waals surface area contributed by atoms with Gasteiger partial charge < -0.3 is 15.0 Å². The van der Waals surface area contributed by atoms with Crippen molar-refractivity contribution < 1.29 is 14.3 Å². The van der Waals surface area contributed by atoms with Crippen LogP contribution in [0.25, 0.3) is 11.4 Å². The zero-order valence-corrected chi connectivity index (χ0v) is 17.6. The van der Waals surface area contributed by atoms with Crippen molar-refractivity contribution in [3.8, 4) is 17.3 Å². The minimum Gasteiger partial charge on any atom is -0.481 e. The first-order valence-electron chi connectivity index (χ1n) is 10.6. The zero-order chi connectivity index (χ0) is 21.1. The standard InChI is InChI=1S/C23H28N4O3/c1-27(14-20(28)24-17-10-11-17)23(29)16-8-12-18-19(13-9-16)25-21(26-22(18)30-2)15-6-4-3-5-7-15/h3-7,16-17H,8-14H2,1-2H3,(H,24,28). The van der Waals surface area contributed by atoms with E-state index in [1.807, 2.05) is 30.3 Å². The number of rotatable bonds is 6. The number of carbonyl (C=O) groups is 2. The first-order chi connectivity index (χ1) is 14.5. The van der Waals surface area contributed by atoms with Crippen LogP contribution in [0.15, 0.2) is 30.3 Å². The van der Waals surface area contributed by atoms with Crippen LogP contribution in [-0.2, 0) is 22.4 Å². The molecule has 7 nitrogen and oxygen atoms in total. The molecule has 0 saturated heterocycles. The van der Waals surface area contributed by atoms with E-state index < -0.39 is 0 Å². The third kappa shape index (κ3) is 4.61. The maximum Gasteiger partial charge on any atom is 0.239 e. The van der Waals surface area contributed by atoms with Gasteiger partial charge in [-0.2, -0.15) is 4.98 Å². The highest BCUT2D eigenvalue weighted by molar-refractivity contribution is 5.86. The van der Waals surface area contributed by atoms with Crippen molar-refractivity contribution in [1.29, 1.82) is 0 Å². The Hall–Kier alpha value is -2.96. The van der Waals surface area contributed by atoms with Gasteiger partial charge >= 0.3 is 0 Å². The number of carbonyl (C=O) groups excluding carboxylic acids is 2. The number of aromatic nitrogens is 2. The maximum atomic E-state index is 13.0. The zero-order valence-electron chi connectivity index (χ0n) is 17.6. The Morgan fingerprint density at radius 3 is 2.53 bits per heavy atom. The predicted molar refractivity (Wildman–Crippen MR) is 113 cm³/mol. The van der Waals surface area contributed by atoms with E-state index in [0.29, 0.717) is 43.4 Å². The topological polar surface area (TPSA) is 84.4 Å². The van der Waals surface area contributed by atoms with Gasteiger partial charge in [-0.15, -0.1) is 0 Å². The number of aryl methyl sites for hydroxylation is 1. The Bertz CT molecular complexity index is 928. The number of nitrogens with one attached hydrogen (secondary N) is 1. The number of hydrogen-bond acceptors (Lipinski definition) is 5. The molecule has 1 aromatic heterocycles. The predicted octanol–water partition coefficient (Wildman–Crippen LogP) is 2.38. The van der Waals surface area contributed by atoms with E-state index in [4.69, 9.17) is 9.72 Å². The first-order valence-corrected chi connectivity index (χ1v) is 10.6. The van der Waals surface area contributed by atoms with Gasteiger partial charge in [-0.05, 0) is 38.5 Å². The van der Waals surface area contributed by atoms with Crippen molar-refractivity contribution in [1.82, 2.24) is 20.2 Å². The number of benzene rings is 1. The van der Waals surface area contributed by atoms with Crippen LogP contribution in [-0.4, -0.2) is 53.4 Å². The van der Waals surface area contributed by atoms with Gasteiger partial charge in [-0.1, -0.05) is 30.3 Å². The highest BCUT2D eigenvalue weighted by Gasteiger charge is 2.30. The molecule has 2 amide bonds. The molecule has 4 rings (SSSR count). The Kier molecular flexibility index (Phi) is 5.97. The molecule has 30 heavy (non-hydrogen) atoms. The summed E-state index contributed by atoms with van der Waals surface area (Å²) >= 11 is 0. The number of amides is 2. The Labute approximate surface area is 176 Å². The summed E-state index contributed by atoms with van der Waals surface area (Å²) in [6.07, 6.45) is 4.86. The van der Waals surface area contributed by atoms with E-state index in [2.05, 4.69) is 10.3 Å². The van der Waals surface area contributed by atoms with Crippen molar-refractivity contribution in [2.75, 3.05) is 20.7 Å². The van der Waals surface area contributed by atoms with Crippen molar-refractivity contribution >= 4 is 11.8 Å². The molecule has 1 saturated carbocycles. The van der Waals surface area contributed by atoms with Crippen LogP contribution in [0.3, 0.4) is 0 Å². The lowest BCUT2D eigenvalue weighted by Crippen LogP contribution is -2.41. The number of hydrogen-bond donors (Lipinski definition) is 1. The van der Waals surface area contributed by atoms with Gasteiger partial charge in [0, 0.05) is 30.1 Å². The maximum absolute atomic E-state index is 13.0. The summed E-state index contributed by atoms with van der Waals surface area (Å²) < 4.78 is 5.57. The van der Waals surface area contributed by atoms with E-state index in [-0.39, 0.29) is 24.3 Å². The molecule has 2 aromatic rings. The van der Waals surface area contributed by atoms with Gasteiger partial charge in [-0.3, -0.25) is 9.59 Å². The van der Waals surface area contributed by atoms with Crippen LogP contribution in [0, 0.1) is 5.92 Å².